The van der Waals surface area contributed by atoms with E-state index in [1.807, 2.05) is 12.4 Å². The summed E-state index contributed by atoms with van der Waals surface area (Å²) in [4.78, 5) is 4.22. The zero-order valence-electron chi connectivity index (χ0n) is 12.8. The predicted molar refractivity (Wildman–Crippen MR) is 87.5 cm³/mol. The topological polar surface area (TPSA) is 50.9 Å². The van der Waals surface area contributed by atoms with Gasteiger partial charge in [-0.1, -0.05) is 44.4 Å². The van der Waals surface area contributed by atoms with Crippen molar-refractivity contribution in [3.05, 3.63) is 42.2 Å². The third kappa shape index (κ3) is 2.94. The van der Waals surface area contributed by atoms with Crippen LogP contribution in [-0.4, -0.2) is 4.98 Å². The molecule has 1 aliphatic rings. The highest BCUT2D eigenvalue weighted by molar-refractivity contribution is 5.85. The first-order valence-electron chi connectivity index (χ1n) is 8.12. The van der Waals surface area contributed by atoms with E-state index in [0.717, 1.165) is 5.92 Å². The number of nitrogens with zero attached hydrogens (tertiary/aromatic N) is 1. The number of fused-ring (bicyclic) bond motifs is 1. The number of hydrazine groups is 1. The lowest BCUT2D eigenvalue weighted by Crippen LogP contribution is -2.35. The minimum absolute atomic E-state index is 0.244. The molecule has 2 aromatic rings. The van der Waals surface area contributed by atoms with Crippen LogP contribution in [0.5, 0.6) is 0 Å². The lowest BCUT2D eigenvalue weighted by Gasteiger charge is -2.34. The van der Waals surface area contributed by atoms with Gasteiger partial charge in [-0.25, -0.2) is 0 Å². The summed E-state index contributed by atoms with van der Waals surface area (Å²) in [5, 5.41) is 2.46. The number of hydrogen-bond acceptors (Lipinski definition) is 3. The van der Waals surface area contributed by atoms with Gasteiger partial charge in [-0.05, 0) is 41.7 Å². The Bertz CT molecular complexity index is 583. The zero-order valence-corrected chi connectivity index (χ0v) is 12.8. The van der Waals surface area contributed by atoms with E-state index in [0.29, 0.717) is 5.92 Å². The molecule has 1 heterocycles. The Labute approximate surface area is 126 Å². The van der Waals surface area contributed by atoms with Crippen LogP contribution in [0.25, 0.3) is 10.8 Å². The van der Waals surface area contributed by atoms with Crippen molar-refractivity contribution in [2.75, 3.05) is 0 Å². The maximum Gasteiger partial charge on any atom is 0.0494 e. The molecule has 1 aromatic heterocycles. The van der Waals surface area contributed by atoms with Gasteiger partial charge in [0.15, 0.2) is 0 Å². The Balaban J connectivity index is 1.88. The molecule has 3 nitrogen and oxygen atoms in total. The highest BCUT2D eigenvalue weighted by Gasteiger charge is 2.28. The van der Waals surface area contributed by atoms with Crippen molar-refractivity contribution >= 4 is 10.8 Å². The molecule has 1 aliphatic carbocycles. The van der Waals surface area contributed by atoms with Gasteiger partial charge >= 0.3 is 0 Å². The molecule has 1 aromatic carbocycles. The molecule has 0 bridgehead atoms. The number of rotatable bonds is 4. The van der Waals surface area contributed by atoms with Crippen LogP contribution in [0.2, 0.25) is 0 Å². The van der Waals surface area contributed by atoms with E-state index in [-0.39, 0.29) is 6.04 Å². The number of aromatic nitrogens is 1. The normalized spacial score (nSPS) is 24.1. The average molecular weight is 283 g/mol. The fourth-order valence-corrected chi connectivity index (χ4v) is 3.83. The molecule has 1 fully saturated rings. The first kappa shape index (κ1) is 14.5. The SMILES string of the molecule is CCC1CCC(C(NN)c2cccc3cnccc23)CC1. The second-order valence-electron chi connectivity index (χ2n) is 6.28. The zero-order chi connectivity index (χ0) is 14.7. The van der Waals surface area contributed by atoms with Gasteiger partial charge < -0.3 is 0 Å². The van der Waals surface area contributed by atoms with Crippen molar-refractivity contribution in [2.24, 2.45) is 17.7 Å². The largest absolute Gasteiger partial charge is 0.271 e. The Morgan fingerprint density at radius 1 is 1.24 bits per heavy atom. The monoisotopic (exact) mass is 283 g/mol. The van der Waals surface area contributed by atoms with Crippen molar-refractivity contribution < 1.29 is 0 Å². The minimum Gasteiger partial charge on any atom is -0.271 e. The molecule has 21 heavy (non-hydrogen) atoms. The molecular weight excluding hydrogens is 258 g/mol. The molecule has 3 heteroatoms. The third-order valence-electron chi connectivity index (χ3n) is 5.17. The minimum atomic E-state index is 0.244. The average Bonchev–Trinajstić information content (AvgIpc) is 2.56. The van der Waals surface area contributed by atoms with E-state index in [2.05, 4.69) is 41.6 Å². The fraction of sp³-hybridized carbons (Fsp3) is 0.500. The number of pyridine rings is 1. The first-order valence-corrected chi connectivity index (χ1v) is 8.12. The van der Waals surface area contributed by atoms with E-state index in [1.165, 1.54) is 48.4 Å². The van der Waals surface area contributed by atoms with E-state index >= 15 is 0 Å². The van der Waals surface area contributed by atoms with Gasteiger partial charge in [0.2, 0.25) is 0 Å². The number of nitrogens with two attached hydrogens (primary N) is 1. The molecule has 1 saturated carbocycles. The maximum atomic E-state index is 5.93. The molecular formula is C18H25N3. The lowest BCUT2D eigenvalue weighted by atomic mass is 9.75. The van der Waals surface area contributed by atoms with Crippen molar-refractivity contribution in [1.29, 1.82) is 0 Å². The van der Waals surface area contributed by atoms with Gasteiger partial charge in [-0.15, -0.1) is 0 Å². The highest BCUT2D eigenvalue weighted by Crippen LogP contribution is 2.39. The molecule has 3 N–H and O–H groups in total. The van der Waals surface area contributed by atoms with Gasteiger partial charge in [-0.3, -0.25) is 16.3 Å². The Kier molecular flexibility index (Phi) is 4.51. The van der Waals surface area contributed by atoms with Crippen LogP contribution in [0.3, 0.4) is 0 Å². The van der Waals surface area contributed by atoms with Crippen molar-refractivity contribution in [3.8, 4) is 0 Å². The molecule has 1 unspecified atom stereocenters. The summed E-state index contributed by atoms with van der Waals surface area (Å²) in [6.45, 7) is 2.31. The van der Waals surface area contributed by atoms with Crippen LogP contribution in [-0.2, 0) is 0 Å². The summed E-state index contributed by atoms with van der Waals surface area (Å²) < 4.78 is 0. The Morgan fingerprint density at radius 3 is 2.76 bits per heavy atom. The van der Waals surface area contributed by atoms with Crippen molar-refractivity contribution in [3.63, 3.8) is 0 Å². The molecule has 0 spiro atoms. The van der Waals surface area contributed by atoms with Gasteiger partial charge in [0.05, 0.1) is 0 Å². The second-order valence-corrected chi connectivity index (χ2v) is 6.28. The van der Waals surface area contributed by atoms with Crippen LogP contribution in [0.1, 0.15) is 50.6 Å². The summed E-state index contributed by atoms with van der Waals surface area (Å²) in [6.07, 6.45) is 10.3. The van der Waals surface area contributed by atoms with Crippen LogP contribution >= 0.6 is 0 Å². The summed E-state index contributed by atoms with van der Waals surface area (Å²) in [5.74, 6) is 7.48. The maximum absolute atomic E-state index is 5.93. The van der Waals surface area contributed by atoms with E-state index in [4.69, 9.17) is 5.84 Å². The fourth-order valence-electron chi connectivity index (χ4n) is 3.83. The van der Waals surface area contributed by atoms with Crippen LogP contribution in [0, 0.1) is 11.8 Å². The first-order chi connectivity index (χ1) is 10.3. The second kappa shape index (κ2) is 6.54. The summed E-state index contributed by atoms with van der Waals surface area (Å²) in [7, 11) is 0. The Hall–Kier alpha value is -1.45. The molecule has 1 atom stereocenters. The molecule has 0 saturated heterocycles. The summed E-state index contributed by atoms with van der Waals surface area (Å²) >= 11 is 0. The molecule has 3 rings (SSSR count). The number of hydrogen-bond donors (Lipinski definition) is 2. The van der Waals surface area contributed by atoms with Crippen molar-refractivity contribution in [2.45, 2.75) is 45.1 Å². The summed E-state index contributed by atoms with van der Waals surface area (Å²) in [5.41, 5.74) is 4.41. The Morgan fingerprint density at radius 2 is 2.05 bits per heavy atom. The van der Waals surface area contributed by atoms with E-state index < -0.39 is 0 Å². The van der Waals surface area contributed by atoms with Gasteiger partial charge in [0.25, 0.3) is 0 Å². The third-order valence-corrected chi connectivity index (χ3v) is 5.17. The van der Waals surface area contributed by atoms with Crippen LogP contribution < -0.4 is 11.3 Å². The highest BCUT2D eigenvalue weighted by atomic mass is 15.2. The van der Waals surface area contributed by atoms with Gasteiger partial charge in [-0.2, -0.15) is 0 Å². The number of benzene rings is 1. The van der Waals surface area contributed by atoms with Crippen molar-refractivity contribution in [1.82, 2.24) is 10.4 Å². The molecule has 0 aliphatic heterocycles. The lowest BCUT2D eigenvalue weighted by molar-refractivity contribution is 0.220. The standard InChI is InChI=1S/C18H25N3/c1-2-13-6-8-14(9-7-13)18(21-19)17-5-3-4-15-12-20-11-10-16(15)17/h3-5,10-14,18,21H,2,6-9,19H2,1H3. The molecule has 0 radical (unpaired) electrons. The van der Waals surface area contributed by atoms with E-state index in [9.17, 15) is 0 Å². The number of nitrogens with one attached hydrogen (secondary N) is 1. The van der Waals surface area contributed by atoms with E-state index in [1.54, 1.807) is 0 Å². The van der Waals surface area contributed by atoms with Crippen LogP contribution in [0.15, 0.2) is 36.7 Å². The molecule has 0 amide bonds. The quantitative estimate of drug-likeness (QED) is 0.659. The molecule has 112 valence electrons. The summed E-state index contributed by atoms with van der Waals surface area (Å²) in [6, 6.07) is 8.79. The predicted octanol–water partition coefficient (Wildman–Crippen LogP) is 3.96. The van der Waals surface area contributed by atoms with Crippen LogP contribution in [0.4, 0.5) is 0 Å². The smallest absolute Gasteiger partial charge is 0.0494 e. The van der Waals surface area contributed by atoms with Gasteiger partial charge in [0, 0.05) is 23.8 Å². The van der Waals surface area contributed by atoms with Gasteiger partial charge in [0.1, 0.15) is 0 Å².